The number of ether oxygens (including phenoxy) is 4. The molecule has 0 fully saturated rings. The number of anilines is 1. The number of esters is 1. The molecule has 32 heavy (non-hydrogen) atoms. The van der Waals surface area contributed by atoms with Gasteiger partial charge in [-0.25, -0.2) is 9.78 Å². The molecule has 2 aromatic carbocycles. The normalized spacial score (nSPS) is 15.1. The molecule has 1 aliphatic heterocycles. The van der Waals surface area contributed by atoms with Gasteiger partial charge in [-0.05, 0) is 25.1 Å². The molecule has 1 atom stereocenters. The number of imidazole rings is 1. The van der Waals surface area contributed by atoms with Crippen LogP contribution in [0.1, 0.15) is 18.5 Å². The van der Waals surface area contributed by atoms with E-state index in [1.54, 1.807) is 27.4 Å². The van der Waals surface area contributed by atoms with Crippen LogP contribution in [0.4, 0.5) is 5.95 Å². The minimum atomic E-state index is -0.602. The van der Waals surface area contributed by atoms with Gasteiger partial charge in [-0.2, -0.15) is 0 Å². The molecule has 1 unspecified atom stereocenters. The van der Waals surface area contributed by atoms with Gasteiger partial charge < -0.3 is 24.3 Å². The zero-order valence-electron chi connectivity index (χ0n) is 18.5. The average molecular weight is 435 g/mol. The summed E-state index contributed by atoms with van der Waals surface area (Å²) in [5.41, 5.74) is 3.39. The van der Waals surface area contributed by atoms with Crippen LogP contribution in [0.3, 0.4) is 0 Å². The van der Waals surface area contributed by atoms with Crippen molar-refractivity contribution in [1.29, 1.82) is 0 Å². The van der Waals surface area contributed by atoms with Crippen LogP contribution in [0.2, 0.25) is 0 Å². The van der Waals surface area contributed by atoms with Gasteiger partial charge in [0.05, 0.1) is 37.9 Å². The van der Waals surface area contributed by atoms with E-state index in [0.717, 1.165) is 11.0 Å². The summed E-state index contributed by atoms with van der Waals surface area (Å²) in [7, 11) is 4.70. The Morgan fingerprint density at radius 3 is 2.66 bits per heavy atom. The zero-order valence-corrected chi connectivity index (χ0v) is 18.5. The number of para-hydroxylation sites is 2. The third-order valence-electron chi connectivity index (χ3n) is 5.39. The molecule has 0 aliphatic carbocycles. The third-order valence-corrected chi connectivity index (χ3v) is 5.39. The molecule has 0 spiro atoms. The number of fused-ring (bicyclic) bond motifs is 3. The highest BCUT2D eigenvalue weighted by Gasteiger charge is 2.37. The van der Waals surface area contributed by atoms with Gasteiger partial charge in [-0.1, -0.05) is 24.8 Å². The van der Waals surface area contributed by atoms with Gasteiger partial charge in [0.2, 0.25) is 5.95 Å². The number of nitrogens with zero attached hydrogens (tertiary/aromatic N) is 2. The molecule has 8 nitrogen and oxygen atoms in total. The maximum absolute atomic E-state index is 13.2. The maximum Gasteiger partial charge on any atom is 0.338 e. The van der Waals surface area contributed by atoms with Gasteiger partial charge in [-0.15, -0.1) is 0 Å². The van der Waals surface area contributed by atoms with Crippen molar-refractivity contribution in [2.45, 2.75) is 13.0 Å². The molecule has 0 bridgehead atoms. The Bertz CT molecular complexity index is 1230. The fraction of sp³-hybridized carbons (Fsp3) is 0.250. The molecule has 8 heteroatoms. The number of hydrogen-bond donors (Lipinski definition) is 1. The number of carbonyl (C=O) groups excluding carboxylic acids is 1. The van der Waals surface area contributed by atoms with Crippen LogP contribution < -0.4 is 19.5 Å². The molecule has 0 saturated heterocycles. The van der Waals surface area contributed by atoms with Crippen LogP contribution in [0.15, 0.2) is 60.3 Å². The lowest BCUT2D eigenvalue weighted by molar-refractivity contribution is -0.138. The van der Waals surface area contributed by atoms with Gasteiger partial charge in [0.25, 0.3) is 0 Å². The van der Waals surface area contributed by atoms with Crippen molar-refractivity contribution < 1.29 is 23.7 Å². The Kier molecular flexibility index (Phi) is 5.77. The highest BCUT2D eigenvalue weighted by molar-refractivity contribution is 5.94. The van der Waals surface area contributed by atoms with Gasteiger partial charge >= 0.3 is 5.97 Å². The van der Waals surface area contributed by atoms with Crippen LogP contribution in [-0.2, 0) is 9.53 Å². The Balaban J connectivity index is 2.04. The molecule has 0 radical (unpaired) electrons. The molecule has 0 amide bonds. The Morgan fingerprint density at radius 2 is 1.97 bits per heavy atom. The minimum Gasteiger partial charge on any atom is -0.497 e. The van der Waals surface area contributed by atoms with Crippen molar-refractivity contribution in [3.05, 3.63) is 65.9 Å². The highest BCUT2D eigenvalue weighted by atomic mass is 16.5. The summed E-state index contributed by atoms with van der Waals surface area (Å²) >= 11 is 0. The van der Waals surface area contributed by atoms with E-state index in [2.05, 4.69) is 11.9 Å². The predicted octanol–water partition coefficient (Wildman–Crippen LogP) is 4.08. The van der Waals surface area contributed by atoms with Crippen LogP contribution in [0.5, 0.6) is 17.2 Å². The summed E-state index contributed by atoms with van der Waals surface area (Å²) in [6.45, 7) is 5.56. The van der Waals surface area contributed by atoms with E-state index in [9.17, 15) is 4.79 Å². The Morgan fingerprint density at radius 1 is 1.19 bits per heavy atom. The second kappa shape index (κ2) is 8.66. The first kappa shape index (κ1) is 21.3. The summed E-state index contributed by atoms with van der Waals surface area (Å²) in [4.78, 5) is 17.9. The highest BCUT2D eigenvalue weighted by Crippen LogP contribution is 2.46. The second-order valence-corrected chi connectivity index (χ2v) is 7.20. The van der Waals surface area contributed by atoms with E-state index in [0.29, 0.717) is 40.0 Å². The smallest absolute Gasteiger partial charge is 0.338 e. The van der Waals surface area contributed by atoms with Gasteiger partial charge in [0.15, 0.2) is 11.5 Å². The topological polar surface area (TPSA) is 83.8 Å². The quantitative estimate of drug-likeness (QED) is 0.442. The standard InChI is InChI=1S/C24H25N3O5/c1-6-11-32-23(28)20-14(2)25-24-26-17-9-7-8-10-18(17)27(24)21(20)16-12-15(29-3)13-19(30-4)22(16)31-5/h6-10,12-13,21H,1,11H2,2-5H3,(H,25,26). The molecular formula is C24H25N3O5. The number of allylic oxidation sites excluding steroid dienone is 1. The predicted molar refractivity (Wildman–Crippen MR) is 121 cm³/mol. The number of carbonyl (C=O) groups is 1. The van der Waals surface area contributed by atoms with Crippen molar-refractivity contribution in [3.63, 3.8) is 0 Å². The summed E-state index contributed by atoms with van der Waals surface area (Å²) in [6, 6.07) is 10.7. The lowest BCUT2D eigenvalue weighted by Crippen LogP contribution is -2.29. The van der Waals surface area contributed by atoms with Crippen molar-refractivity contribution in [3.8, 4) is 17.2 Å². The van der Waals surface area contributed by atoms with E-state index in [4.69, 9.17) is 23.9 Å². The lowest BCUT2D eigenvalue weighted by Gasteiger charge is -2.31. The summed E-state index contributed by atoms with van der Waals surface area (Å²) in [5, 5.41) is 3.25. The lowest BCUT2D eigenvalue weighted by atomic mass is 9.93. The van der Waals surface area contributed by atoms with Crippen molar-refractivity contribution in [2.75, 3.05) is 33.3 Å². The number of aromatic nitrogens is 2. The maximum atomic E-state index is 13.2. The van der Waals surface area contributed by atoms with E-state index in [1.807, 2.05) is 41.8 Å². The number of methoxy groups -OCH3 is 3. The van der Waals surface area contributed by atoms with Crippen molar-refractivity contribution in [1.82, 2.24) is 9.55 Å². The van der Waals surface area contributed by atoms with E-state index in [-0.39, 0.29) is 6.61 Å². The molecule has 1 aliphatic rings. The number of hydrogen-bond acceptors (Lipinski definition) is 7. The number of benzene rings is 2. The second-order valence-electron chi connectivity index (χ2n) is 7.20. The SMILES string of the molecule is C=CCOC(=O)C1=C(C)Nc2nc3ccccc3n2C1c1cc(OC)cc(OC)c1OC. The molecule has 4 rings (SSSR count). The van der Waals surface area contributed by atoms with Crippen LogP contribution >= 0.6 is 0 Å². The summed E-state index contributed by atoms with van der Waals surface area (Å²) in [6.07, 6.45) is 1.53. The Labute approximate surface area is 186 Å². The van der Waals surface area contributed by atoms with Crippen LogP contribution in [-0.4, -0.2) is 43.5 Å². The Hall–Kier alpha value is -3.94. The monoisotopic (exact) mass is 435 g/mol. The number of nitrogens with one attached hydrogen (secondary N) is 1. The van der Waals surface area contributed by atoms with Gasteiger partial charge in [0, 0.05) is 17.3 Å². The molecule has 1 N–H and O–H groups in total. The first-order chi connectivity index (χ1) is 15.5. The third kappa shape index (κ3) is 3.43. The number of rotatable bonds is 7. The van der Waals surface area contributed by atoms with E-state index >= 15 is 0 Å². The molecule has 1 aromatic heterocycles. The van der Waals surface area contributed by atoms with E-state index in [1.165, 1.54) is 6.08 Å². The van der Waals surface area contributed by atoms with Crippen LogP contribution in [0, 0.1) is 0 Å². The molecular weight excluding hydrogens is 410 g/mol. The molecule has 3 aromatic rings. The van der Waals surface area contributed by atoms with Crippen LogP contribution in [0.25, 0.3) is 11.0 Å². The average Bonchev–Trinajstić information content (AvgIpc) is 3.18. The van der Waals surface area contributed by atoms with Gasteiger partial charge in [0.1, 0.15) is 18.4 Å². The summed E-state index contributed by atoms with van der Waals surface area (Å²) < 4.78 is 24.2. The molecule has 166 valence electrons. The van der Waals surface area contributed by atoms with Gasteiger partial charge in [-0.3, -0.25) is 4.57 Å². The molecule has 2 heterocycles. The molecule has 0 saturated carbocycles. The zero-order chi connectivity index (χ0) is 22.8. The van der Waals surface area contributed by atoms with Crippen molar-refractivity contribution >= 4 is 23.0 Å². The summed E-state index contributed by atoms with van der Waals surface area (Å²) in [5.74, 6) is 1.69. The van der Waals surface area contributed by atoms with Crippen molar-refractivity contribution in [2.24, 2.45) is 0 Å². The minimum absolute atomic E-state index is 0.0957. The fourth-order valence-electron chi connectivity index (χ4n) is 4.02. The van der Waals surface area contributed by atoms with E-state index < -0.39 is 12.0 Å². The first-order valence-corrected chi connectivity index (χ1v) is 10.1. The fourth-order valence-corrected chi connectivity index (χ4v) is 4.02. The first-order valence-electron chi connectivity index (χ1n) is 10.1. The largest absolute Gasteiger partial charge is 0.497 e.